The fourth-order valence-corrected chi connectivity index (χ4v) is 3.45. The summed E-state index contributed by atoms with van der Waals surface area (Å²) in [7, 11) is -1.66. The average Bonchev–Trinajstić information content (AvgIpc) is 3.16. The van der Waals surface area contributed by atoms with E-state index in [2.05, 4.69) is 0 Å². The minimum absolute atomic E-state index is 0.0801. The van der Waals surface area contributed by atoms with Crippen LogP contribution in [0.1, 0.15) is 19.3 Å². The zero-order valence-electron chi connectivity index (χ0n) is 11.7. The van der Waals surface area contributed by atoms with E-state index in [1.54, 1.807) is 11.9 Å². The number of carbonyl (C=O) groups excluding carboxylic acids is 1. The van der Waals surface area contributed by atoms with Crippen LogP contribution < -0.4 is 0 Å². The molecule has 1 saturated carbocycles. The highest BCUT2D eigenvalue weighted by Crippen LogP contribution is 2.40. The number of rotatable bonds is 4. The van der Waals surface area contributed by atoms with Crippen molar-refractivity contribution in [1.29, 1.82) is 0 Å². The number of likely N-dealkylation sites (tertiary alicyclic amines) is 1. The van der Waals surface area contributed by atoms with E-state index >= 15 is 0 Å². The van der Waals surface area contributed by atoms with Gasteiger partial charge in [0.1, 0.15) is 0 Å². The molecule has 1 aliphatic carbocycles. The molecule has 0 spiro atoms. The van der Waals surface area contributed by atoms with Crippen LogP contribution >= 0.6 is 0 Å². The van der Waals surface area contributed by atoms with E-state index in [0.717, 1.165) is 0 Å². The molecule has 0 bridgehead atoms. The maximum Gasteiger partial charge on any atom is 0.307 e. The summed E-state index contributed by atoms with van der Waals surface area (Å²) >= 11 is 0. The number of hydrogen-bond acceptors (Lipinski definition) is 4. The highest BCUT2D eigenvalue weighted by Gasteiger charge is 2.50. The van der Waals surface area contributed by atoms with Gasteiger partial charge in [-0.05, 0) is 19.3 Å². The third-order valence-electron chi connectivity index (χ3n) is 4.24. The fraction of sp³-hybridized carbons (Fsp3) is 0.833. The van der Waals surface area contributed by atoms with Crippen molar-refractivity contribution in [3.63, 3.8) is 0 Å². The molecule has 2 atom stereocenters. The van der Waals surface area contributed by atoms with Gasteiger partial charge in [0, 0.05) is 26.2 Å². The fourth-order valence-electron chi connectivity index (χ4n) is 2.70. The molecule has 1 amide bonds. The maximum atomic E-state index is 12.1. The van der Waals surface area contributed by atoms with E-state index in [-0.39, 0.29) is 17.9 Å². The molecule has 2 unspecified atom stereocenters. The van der Waals surface area contributed by atoms with Gasteiger partial charge in [-0.2, -0.15) is 0 Å². The minimum Gasteiger partial charge on any atom is -0.481 e. The van der Waals surface area contributed by atoms with Gasteiger partial charge in [0.15, 0.2) is 0 Å². The van der Waals surface area contributed by atoms with E-state index in [9.17, 15) is 18.0 Å². The summed E-state index contributed by atoms with van der Waals surface area (Å²) in [6.07, 6.45) is 2.79. The SMILES string of the molecule is CN(C1CCN(C(=O)C2CC2C(=O)O)CC1)S(C)(=O)=O. The Hall–Kier alpha value is -1.15. The van der Waals surface area contributed by atoms with E-state index in [4.69, 9.17) is 5.11 Å². The van der Waals surface area contributed by atoms with Gasteiger partial charge >= 0.3 is 5.97 Å². The van der Waals surface area contributed by atoms with Gasteiger partial charge < -0.3 is 10.0 Å². The molecule has 1 aliphatic heterocycles. The van der Waals surface area contributed by atoms with Gasteiger partial charge in [0.2, 0.25) is 15.9 Å². The molecule has 7 nitrogen and oxygen atoms in total. The molecule has 2 fully saturated rings. The predicted octanol–water partition coefficient (Wildman–Crippen LogP) is -0.410. The lowest BCUT2D eigenvalue weighted by molar-refractivity contribution is -0.142. The van der Waals surface area contributed by atoms with E-state index < -0.39 is 21.9 Å². The van der Waals surface area contributed by atoms with Crippen molar-refractivity contribution in [1.82, 2.24) is 9.21 Å². The summed E-state index contributed by atoms with van der Waals surface area (Å²) in [4.78, 5) is 24.5. The zero-order chi connectivity index (χ0) is 15.1. The van der Waals surface area contributed by atoms with Crippen LogP contribution in [0.15, 0.2) is 0 Å². The van der Waals surface area contributed by atoms with Crippen LogP contribution in [0.4, 0.5) is 0 Å². The Kier molecular flexibility index (Phi) is 4.06. The molecular formula is C12H20N2O5S. The Labute approximate surface area is 118 Å². The molecule has 0 aromatic rings. The highest BCUT2D eigenvalue weighted by molar-refractivity contribution is 7.88. The summed E-state index contributed by atoms with van der Waals surface area (Å²) in [6, 6.07) is -0.0801. The first-order chi connectivity index (χ1) is 9.21. The van der Waals surface area contributed by atoms with Crippen LogP contribution in [0.2, 0.25) is 0 Å². The van der Waals surface area contributed by atoms with Crippen molar-refractivity contribution in [2.24, 2.45) is 11.8 Å². The first-order valence-corrected chi connectivity index (χ1v) is 8.51. The second-order valence-electron chi connectivity index (χ2n) is 5.62. The average molecular weight is 304 g/mol. The molecule has 0 aromatic heterocycles. The first kappa shape index (κ1) is 15.2. The number of hydrogen-bond donors (Lipinski definition) is 1. The van der Waals surface area contributed by atoms with Crippen molar-refractivity contribution in [2.45, 2.75) is 25.3 Å². The molecule has 20 heavy (non-hydrogen) atoms. The van der Waals surface area contributed by atoms with Gasteiger partial charge in [0.25, 0.3) is 0 Å². The molecule has 2 rings (SSSR count). The smallest absolute Gasteiger partial charge is 0.307 e. The van der Waals surface area contributed by atoms with Gasteiger partial charge in [-0.3, -0.25) is 9.59 Å². The third kappa shape index (κ3) is 3.12. The molecule has 1 N–H and O–H groups in total. The van der Waals surface area contributed by atoms with Crippen LogP contribution in [-0.2, 0) is 19.6 Å². The quantitative estimate of drug-likeness (QED) is 0.762. The number of amides is 1. The number of carboxylic acid groups (broad SMARTS) is 1. The Morgan fingerprint density at radius 3 is 2.15 bits per heavy atom. The van der Waals surface area contributed by atoms with Gasteiger partial charge in [-0.25, -0.2) is 12.7 Å². The predicted molar refractivity (Wildman–Crippen MR) is 71.4 cm³/mol. The van der Waals surface area contributed by atoms with Gasteiger partial charge in [0.05, 0.1) is 18.1 Å². The number of nitrogens with zero attached hydrogens (tertiary/aromatic N) is 2. The molecule has 8 heteroatoms. The lowest BCUT2D eigenvalue weighted by atomic mass is 10.0. The summed E-state index contributed by atoms with van der Waals surface area (Å²) < 4.78 is 24.3. The Balaban J connectivity index is 1.86. The van der Waals surface area contributed by atoms with Crippen molar-refractivity contribution in [3.8, 4) is 0 Å². The molecule has 114 valence electrons. The van der Waals surface area contributed by atoms with Gasteiger partial charge in [-0.1, -0.05) is 0 Å². The topological polar surface area (TPSA) is 95.0 Å². The summed E-state index contributed by atoms with van der Waals surface area (Å²) in [6.45, 7) is 0.985. The second kappa shape index (κ2) is 5.33. The highest BCUT2D eigenvalue weighted by atomic mass is 32.2. The zero-order valence-corrected chi connectivity index (χ0v) is 12.5. The molecule has 0 radical (unpaired) electrons. The molecule has 1 saturated heterocycles. The minimum atomic E-state index is -3.21. The normalized spacial score (nSPS) is 27.6. The molecule has 1 heterocycles. The lowest BCUT2D eigenvalue weighted by Crippen LogP contribution is -2.47. The van der Waals surface area contributed by atoms with E-state index in [1.807, 2.05) is 0 Å². The van der Waals surface area contributed by atoms with Crippen molar-refractivity contribution in [2.75, 3.05) is 26.4 Å². The standard InChI is InChI=1S/C12H20N2O5S/c1-13(20(2,18)19)8-3-5-14(6-4-8)11(15)9-7-10(9)12(16)17/h8-10H,3-7H2,1-2H3,(H,16,17). The number of carboxylic acids is 1. The molecular weight excluding hydrogens is 284 g/mol. The summed E-state index contributed by atoms with van der Waals surface area (Å²) in [5, 5.41) is 8.83. The molecule has 2 aliphatic rings. The Morgan fingerprint density at radius 1 is 1.20 bits per heavy atom. The lowest BCUT2D eigenvalue weighted by Gasteiger charge is -2.35. The molecule has 0 aromatic carbocycles. The van der Waals surface area contributed by atoms with Crippen molar-refractivity contribution < 1.29 is 23.1 Å². The number of aliphatic carboxylic acids is 1. The Morgan fingerprint density at radius 2 is 1.75 bits per heavy atom. The van der Waals surface area contributed by atoms with Gasteiger partial charge in [-0.15, -0.1) is 0 Å². The number of carbonyl (C=O) groups is 2. The van der Waals surface area contributed by atoms with Crippen LogP contribution in [0, 0.1) is 11.8 Å². The largest absolute Gasteiger partial charge is 0.481 e. The van der Waals surface area contributed by atoms with Crippen LogP contribution in [0.3, 0.4) is 0 Å². The monoisotopic (exact) mass is 304 g/mol. The van der Waals surface area contributed by atoms with Crippen LogP contribution in [0.5, 0.6) is 0 Å². The first-order valence-electron chi connectivity index (χ1n) is 6.66. The number of piperidine rings is 1. The summed E-state index contributed by atoms with van der Waals surface area (Å²) in [5.41, 5.74) is 0. The van der Waals surface area contributed by atoms with Crippen molar-refractivity contribution >= 4 is 21.9 Å². The third-order valence-corrected chi connectivity index (χ3v) is 5.58. The van der Waals surface area contributed by atoms with E-state index in [1.165, 1.54) is 10.6 Å². The van der Waals surface area contributed by atoms with Crippen LogP contribution in [-0.4, -0.2) is 67.0 Å². The van der Waals surface area contributed by atoms with Crippen LogP contribution in [0.25, 0.3) is 0 Å². The second-order valence-corrected chi connectivity index (χ2v) is 7.66. The Bertz CT molecular complexity index is 510. The number of sulfonamides is 1. The van der Waals surface area contributed by atoms with E-state index in [0.29, 0.717) is 32.4 Å². The summed E-state index contributed by atoms with van der Waals surface area (Å²) in [5.74, 6) is -1.91. The van der Waals surface area contributed by atoms with Crippen molar-refractivity contribution in [3.05, 3.63) is 0 Å². The maximum absolute atomic E-state index is 12.1.